The van der Waals surface area contributed by atoms with Crippen LogP contribution in [0.1, 0.15) is 54.6 Å². The van der Waals surface area contributed by atoms with Gasteiger partial charge in [-0.15, -0.1) is 0 Å². The molecule has 1 aliphatic carbocycles. The minimum atomic E-state index is -0.713. The molecule has 2 N–H and O–H groups in total. The fourth-order valence-corrected chi connectivity index (χ4v) is 2.83. The predicted molar refractivity (Wildman–Crippen MR) is 99.4 cm³/mol. The summed E-state index contributed by atoms with van der Waals surface area (Å²) in [5.41, 5.74) is 3.09. The SMILES string of the molecule is CC(C)CNC(=O)NC(=O)COC(=O)CCC(=O)c1ccc2c(c1)CCC2. The second-order valence-corrected chi connectivity index (χ2v) is 7.07. The molecule has 27 heavy (non-hydrogen) atoms. The Kier molecular flexibility index (Phi) is 7.52. The molecule has 1 aliphatic rings. The molecular weight excluding hydrogens is 348 g/mol. The van der Waals surface area contributed by atoms with E-state index in [1.165, 1.54) is 11.1 Å². The maximum absolute atomic E-state index is 12.2. The van der Waals surface area contributed by atoms with Crippen LogP contribution >= 0.6 is 0 Å². The number of carbonyl (C=O) groups is 4. The number of ether oxygens (including phenoxy) is 1. The van der Waals surface area contributed by atoms with E-state index >= 15 is 0 Å². The number of hydrogen-bond acceptors (Lipinski definition) is 5. The van der Waals surface area contributed by atoms with Crippen molar-refractivity contribution in [1.82, 2.24) is 10.6 Å². The Morgan fingerprint density at radius 1 is 1.07 bits per heavy atom. The molecule has 0 saturated carbocycles. The van der Waals surface area contributed by atoms with Gasteiger partial charge in [-0.1, -0.05) is 26.0 Å². The molecule has 0 atom stereocenters. The smallest absolute Gasteiger partial charge is 0.321 e. The van der Waals surface area contributed by atoms with E-state index in [2.05, 4.69) is 10.6 Å². The van der Waals surface area contributed by atoms with Gasteiger partial charge in [0.1, 0.15) is 0 Å². The molecular formula is C20H26N2O5. The van der Waals surface area contributed by atoms with Gasteiger partial charge in [-0.2, -0.15) is 0 Å². The van der Waals surface area contributed by atoms with E-state index in [0.717, 1.165) is 19.3 Å². The molecule has 7 heteroatoms. The average Bonchev–Trinajstić information content (AvgIpc) is 3.10. The summed E-state index contributed by atoms with van der Waals surface area (Å²) >= 11 is 0. The molecule has 0 radical (unpaired) electrons. The van der Waals surface area contributed by atoms with Crippen LogP contribution in [0.15, 0.2) is 18.2 Å². The quantitative estimate of drug-likeness (QED) is 0.536. The van der Waals surface area contributed by atoms with Crippen LogP contribution in [0.5, 0.6) is 0 Å². The molecule has 2 rings (SSSR count). The first kappa shape index (κ1) is 20.6. The highest BCUT2D eigenvalue weighted by atomic mass is 16.5. The van der Waals surface area contributed by atoms with Crippen LogP contribution in [0.4, 0.5) is 4.79 Å². The highest BCUT2D eigenvalue weighted by Crippen LogP contribution is 2.23. The summed E-state index contributed by atoms with van der Waals surface area (Å²) in [5, 5.41) is 4.59. The van der Waals surface area contributed by atoms with Crippen LogP contribution in [-0.4, -0.2) is 36.8 Å². The Morgan fingerprint density at radius 3 is 2.56 bits per heavy atom. The van der Waals surface area contributed by atoms with E-state index in [-0.39, 0.29) is 24.5 Å². The van der Waals surface area contributed by atoms with Gasteiger partial charge in [0.05, 0.1) is 6.42 Å². The molecule has 0 fully saturated rings. The maximum atomic E-state index is 12.2. The number of aryl methyl sites for hydroxylation is 2. The summed E-state index contributed by atoms with van der Waals surface area (Å²) in [6.07, 6.45) is 3.06. The summed E-state index contributed by atoms with van der Waals surface area (Å²) < 4.78 is 4.81. The third kappa shape index (κ3) is 6.84. The lowest BCUT2D eigenvalue weighted by molar-refractivity contribution is -0.148. The van der Waals surface area contributed by atoms with Gasteiger partial charge < -0.3 is 10.1 Å². The zero-order chi connectivity index (χ0) is 19.8. The minimum absolute atomic E-state index is 0.0219. The number of fused-ring (bicyclic) bond motifs is 1. The summed E-state index contributed by atoms with van der Waals surface area (Å²) in [6, 6.07) is 5.04. The maximum Gasteiger partial charge on any atom is 0.321 e. The molecule has 0 saturated heterocycles. The second kappa shape index (κ2) is 9.85. The van der Waals surface area contributed by atoms with Crippen molar-refractivity contribution >= 4 is 23.7 Å². The predicted octanol–water partition coefficient (Wildman–Crippen LogP) is 2.16. The Labute approximate surface area is 158 Å². The van der Waals surface area contributed by atoms with Crippen molar-refractivity contribution in [2.24, 2.45) is 5.92 Å². The molecule has 7 nitrogen and oxygen atoms in total. The molecule has 0 aliphatic heterocycles. The topological polar surface area (TPSA) is 102 Å². The standard InChI is InChI=1S/C20H26N2O5/c1-13(2)11-21-20(26)22-18(24)12-27-19(25)9-8-17(23)16-7-6-14-4-3-5-15(14)10-16/h6-7,10,13H,3-5,8-9,11-12H2,1-2H3,(H2,21,22,24,26). The molecule has 146 valence electrons. The van der Waals surface area contributed by atoms with Gasteiger partial charge in [-0.3, -0.25) is 19.7 Å². The van der Waals surface area contributed by atoms with Crippen molar-refractivity contribution in [3.8, 4) is 0 Å². The van der Waals surface area contributed by atoms with Gasteiger partial charge >= 0.3 is 12.0 Å². The number of esters is 1. The molecule has 0 spiro atoms. The van der Waals surface area contributed by atoms with E-state index in [1.54, 1.807) is 6.07 Å². The number of nitrogens with one attached hydrogen (secondary N) is 2. The first-order chi connectivity index (χ1) is 12.8. The Hall–Kier alpha value is -2.70. The highest BCUT2D eigenvalue weighted by Gasteiger charge is 2.16. The van der Waals surface area contributed by atoms with Crippen LogP contribution < -0.4 is 10.6 Å². The van der Waals surface area contributed by atoms with Gasteiger partial charge in [-0.25, -0.2) is 4.79 Å². The van der Waals surface area contributed by atoms with Crippen molar-refractivity contribution in [2.45, 2.75) is 46.0 Å². The largest absolute Gasteiger partial charge is 0.456 e. The minimum Gasteiger partial charge on any atom is -0.456 e. The molecule has 0 aromatic heterocycles. The van der Waals surface area contributed by atoms with Crippen LogP contribution in [-0.2, 0) is 27.2 Å². The van der Waals surface area contributed by atoms with Gasteiger partial charge in [0.15, 0.2) is 12.4 Å². The fraction of sp³-hybridized carbons (Fsp3) is 0.500. The fourth-order valence-electron chi connectivity index (χ4n) is 2.83. The molecule has 0 unspecified atom stereocenters. The number of ketones is 1. The molecule has 3 amide bonds. The van der Waals surface area contributed by atoms with E-state index in [9.17, 15) is 19.2 Å². The first-order valence-corrected chi connectivity index (χ1v) is 9.23. The van der Waals surface area contributed by atoms with E-state index in [4.69, 9.17) is 4.74 Å². The second-order valence-electron chi connectivity index (χ2n) is 7.07. The Bertz CT molecular complexity index is 727. The lowest BCUT2D eigenvalue weighted by atomic mass is 10.0. The van der Waals surface area contributed by atoms with Crippen molar-refractivity contribution in [3.63, 3.8) is 0 Å². The van der Waals surface area contributed by atoms with E-state index in [1.807, 2.05) is 26.0 Å². The normalized spacial score (nSPS) is 12.4. The number of Topliss-reactive ketones (excluding diaryl/α,β-unsaturated/α-hetero) is 1. The lowest BCUT2D eigenvalue weighted by Gasteiger charge is -2.09. The van der Waals surface area contributed by atoms with Crippen molar-refractivity contribution in [2.75, 3.05) is 13.2 Å². The van der Waals surface area contributed by atoms with Crippen molar-refractivity contribution in [3.05, 3.63) is 34.9 Å². The number of amides is 3. The van der Waals surface area contributed by atoms with Crippen LogP contribution in [0, 0.1) is 5.92 Å². The summed E-state index contributed by atoms with van der Waals surface area (Å²) in [5.74, 6) is -1.23. The number of rotatable bonds is 8. The average molecular weight is 374 g/mol. The van der Waals surface area contributed by atoms with Crippen molar-refractivity contribution < 1.29 is 23.9 Å². The lowest BCUT2D eigenvalue weighted by Crippen LogP contribution is -2.42. The van der Waals surface area contributed by atoms with Crippen LogP contribution in [0.25, 0.3) is 0 Å². The number of hydrogen-bond donors (Lipinski definition) is 2. The van der Waals surface area contributed by atoms with E-state index < -0.39 is 24.5 Å². The van der Waals surface area contributed by atoms with E-state index in [0.29, 0.717) is 12.1 Å². The van der Waals surface area contributed by atoms with Gasteiger partial charge in [0, 0.05) is 18.5 Å². The van der Waals surface area contributed by atoms with Crippen molar-refractivity contribution in [1.29, 1.82) is 0 Å². The zero-order valence-electron chi connectivity index (χ0n) is 15.8. The summed E-state index contributed by atoms with van der Waals surface area (Å²) in [7, 11) is 0. The molecule has 1 aromatic carbocycles. The molecule has 1 aromatic rings. The number of carbonyl (C=O) groups excluding carboxylic acids is 4. The monoisotopic (exact) mass is 374 g/mol. The highest BCUT2D eigenvalue weighted by molar-refractivity contribution is 5.98. The Balaban J connectivity index is 1.67. The van der Waals surface area contributed by atoms with Gasteiger partial charge in [-0.05, 0) is 42.4 Å². The Morgan fingerprint density at radius 2 is 1.81 bits per heavy atom. The third-order valence-corrected chi connectivity index (χ3v) is 4.26. The first-order valence-electron chi connectivity index (χ1n) is 9.23. The number of benzene rings is 1. The zero-order valence-corrected chi connectivity index (χ0v) is 15.8. The number of imide groups is 1. The molecule has 0 bridgehead atoms. The summed E-state index contributed by atoms with van der Waals surface area (Å²) in [6.45, 7) is 3.73. The number of urea groups is 1. The van der Waals surface area contributed by atoms with Crippen LogP contribution in [0.2, 0.25) is 0 Å². The van der Waals surface area contributed by atoms with Crippen LogP contribution in [0.3, 0.4) is 0 Å². The summed E-state index contributed by atoms with van der Waals surface area (Å²) in [4.78, 5) is 46.9. The molecule has 0 heterocycles. The van der Waals surface area contributed by atoms with Gasteiger partial charge in [0.25, 0.3) is 5.91 Å². The van der Waals surface area contributed by atoms with Gasteiger partial charge in [0.2, 0.25) is 0 Å². The third-order valence-electron chi connectivity index (χ3n) is 4.26.